The summed E-state index contributed by atoms with van der Waals surface area (Å²) in [5, 5.41) is 0. The van der Waals surface area contributed by atoms with Crippen LogP contribution in [-0.2, 0) is 0 Å². The lowest BCUT2D eigenvalue weighted by Gasteiger charge is -2.09. The van der Waals surface area contributed by atoms with Gasteiger partial charge in [-0.1, -0.05) is 29.3 Å². The molecule has 4 heteroatoms. The van der Waals surface area contributed by atoms with E-state index in [4.69, 9.17) is 17.3 Å². The Bertz CT molecular complexity index is 496. The van der Waals surface area contributed by atoms with Crippen LogP contribution in [0.2, 0.25) is 4.34 Å². The number of nitrogens with two attached hydrogens (primary N) is 1. The molecule has 0 amide bonds. The van der Waals surface area contributed by atoms with Crippen molar-refractivity contribution in [3.63, 3.8) is 0 Å². The summed E-state index contributed by atoms with van der Waals surface area (Å²) in [6.07, 6.45) is 0. The van der Waals surface area contributed by atoms with Gasteiger partial charge in [0.25, 0.3) is 0 Å². The largest absolute Gasteiger partial charge is 0.323 e. The van der Waals surface area contributed by atoms with Gasteiger partial charge in [-0.15, -0.1) is 23.1 Å². The molecule has 1 nitrogen and oxygen atoms in total. The zero-order valence-electron chi connectivity index (χ0n) is 9.52. The van der Waals surface area contributed by atoms with Crippen molar-refractivity contribution in [2.24, 2.45) is 5.73 Å². The van der Waals surface area contributed by atoms with Crippen LogP contribution in [-0.4, -0.2) is 5.75 Å². The monoisotopic (exact) mass is 283 g/mol. The van der Waals surface area contributed by atoms with Crippen LogP contribution in [0.15, 0.2) is 41.3 Å². The fourth-order valence-electron chi connectivity index (χ4n) is 1.50. The van der Waals surface area contributed by atoms with Gasteiger partial charge in [-0.25, -0.2) is 0 Å². The molecular weight excluding hydrogens is 270 g/mol. The summed E-state index contributed by atoms with van der Waals surface area (Å²) < 4.78 is 0.802. The first kappa shape index (κ1) is 13.0. The van der Waals surface area contributed by atoms with E-state index in [0.29, 0.717) is 0 Å². The van der Waals surface area contributed by atoms with Crippen LogP contribution < -0.4 is 5.73 Å². The first-order chi connectivity index (χ1) is 8.15. The van der Waals surface area contributed by atoms with Gasteiger partial charge in [0, 0.05) is 21.6 Å². The molecule has 0 spiro atoms. The molecule has 0 fully saturated rings. The molecule has 17 heavy (non-hydrogen) atoms. The fourth-order valence-corrected chi connectivity index (χ4v) is 3.66. The second-order valence-electron chi connectivity index (χ2n) is 3.88. The van der Waals surface area contributed by atoms with E-state index in [0.717, 1.165) is 15.0 Å². The van der Waals surface area contributed by atoms with Crippen molar-refractivity contribution in [2.75, 3.05) is 5.75 Å². The molecule has 0 bridgehead atoms. The molecule has 0 aliphatic carbocycles. The Morgan fingerprint density at radius 1 is 1.35 bits per heavy atom. The zero-order valence-corrected chi connectivity index (χ0v) is 11.9. The van der Waals surface area contributed by atoms with Crippen molar-refractivity contribution in [3.05, 3.63) is 51.2 Å². The van der Waals surface area contributed by atoms with Crippen LogP contribution in [0.3, 0.4) is 0 Å². The van der Waals surface area contributed by atoms with Gasteiger partial charge >= 0.3 is 0 Å². The third-order valence-corrected chi connectivity index (χ3v) is 4.85. The molecule has 1 aromatic heterocycles. The van der Waals surface area contributed by atoms with Crippen molar-refractivity contribution in [3.8, 4) is 0 Å². The van der Waals surface area contributed by atoms with Crippen LogP contribution in [0.5, 0.6) is 0 Å². The number of thioether (sulfide) groups is 1. The summed E-state index contributed by atoms with van der Waals surface area (Å²) >= 11 is 9.25. The lowest BCUT2D eigenvalue weighted by atomic mass is 10.2. The molecule has 1 heterocycles. The van der Waals surface area contributed by atoms with Gasteiger partial charge in [0.15, 0.2) is 0 Å². The van der Waals surface area contributed by atoms with Gasteiger partial charge in [0.1, 0.15) is 0 Å². The van der Waals surface area contributed by atoms with Gasteiger partial charge in [-0.05, 0) is 31.2 Å². The Labute approximate surface area is 115 Å². The SMILES string of the molecule is Cc1cccc(SCC(N)c2ccc(Cl)s2)c1. The molecule has 0 saturated carbocycles. The summed E-state index contributed by atoms with van der Waals surface area (Å²) in [6, 6.07) is 12.4. The van der Waals surface area contributed by atoms with E-state index in [-0.39, 0.29) is 6.04 Å². The van der Waals surface area contributed by atoms with Gasteiger partial charge in [-0.2, -0.15) is 0 Å². The number of hydrogen-bond donors (Lipinski definition) is 1. The summed E-state index contributed by atoms with van der Waals surface area (Å²) in [6.45, 7) is 2.10. The predicted molar refractivity (Wildman–Crippen MR) is 78.2 cm³/mol. The minimum Gasteiger partial charge on any atom is -0.323 e. The Balaban J connectivity index is 1.94. The molecule has 2 N–H and O–H groups in total. The molecule has 0 radical (unpaired) electrons. The van der Waals surface area contributed by atoms with Crippen LogP contribution in [0.1, 0.15) is 16.5 Å². The lowest BCUT2D eigenvalue weighted by Crippen LogP contribution is -2.11. The molecule has 90 valence electrons. The first-order valence-electron chi connectivity index (χ1n) is 5.35. The predicted octanol–water partition coefficient (Wildman–Crippen LogP) is 4.50. The van der Waals surface area contributed by atoms with Crippen molar-refractivity contribution in [1.29, 1.82) is 0 Å². The lowest BCUT2D eigenvalue weighted by molar-refractivity contribution is 0.852. The van der Waals surface area contributed by atoms with E-state index in [1.807, 2.05) is 12.1 Å². The van der Waals surface area contributed by atoms with Crippen molar-refractivity contribution in [1.82, 2.24) is 0 Å². The summed E-state index contributed by atoms with van der Waals surface area (Å²) in [5.74, 6) is 0.875. The first-order valence-corrected chi connectivity index (χ1v) is 7.53. The van der Waals surface area contributed by atoms with Crippen LogP contribution in [0.25, 0.3) is 0 Å². The molecular formula is C13H14ClNS2. The Kier molecular flexibility index (Phi) is 4.51. The maximum absolute atomic E-state index is 6.13. The van der Waals surface area contributed by atoms with E-state index < -0.39 is 0 Å². The smallest absolute Gasteiger partial charge is 0.0931 e. The summed E-state index contributed by atoms with van der Waals surface area (Å²) in [4.78, 5) is 2.42. The van der Waals surface area contributed by atoms with Crippen LogP contribution in [0, 0.1) is 6.92 Å². The molecule has 1 atom stereocenters. The molecule has 2 rings (SSSR count). The van der Waals surface area contributed by atoms with Crippen molar-refractivity contribution >= 4 is 34.7 Å². The number of rotatable bonds is 4. The third kappa shape index (κ3) is 3.75. The molecule has 0 aliphatic heterocycles. The number of benzene rings is 1. The quantitative estimate of drug-likeness (QED) is 0.836. The average Bonchev–Trinajstić information content (AvgIpc) is 2.73. The number of aryl methyl sites for hydroxylation is 1. The van der Waals surface area contributed by atoms with Gasteiger partial charge < -0.3 is 5.73 Å². The number of thiophene rings is 1. The highest BCUT2D eigenvalue weighted by Crippen LogP contribution is 2.29. The topological polar surface area (TPSA) is 26.0 Å². The fraction of sp³-hybridized carbons (Fsp3) is 0.231. The van der Waals surface area contributed by atoms with E-state index in [2.05, 4.69) is 31.2 Å². The van der Waals surface area contributed by atoms with E-state index in [9.17, 15) is 0 Å². The Morgan fingerprint density at radius 3 is 2.82 bits per heavy atom. The maximum atomic E-state index is 6.13. The summed E-state index contributed by atoms with van der Waals surface area (Å²) in [7, 11) is 0. The highest BCUT2D eigenvalue weighted by Gasteiger charge is 2.09. The maximum Gasteiger partial charge on any atom is 0.0931 e. The van der Waals surface area contributed by atoms with Crippen molar-refractivity contribution in [2.45, 2.75) is 17.9 Å². The highest BCUT2D eigenvalue weighted by molar-refractivity contribution is 7.99. The normalized spacial score (nSPS) is 12.6. The van der Waals surface area contributed by atoms with E-state index >= 15 is 0 Å². The van der Waals surface area contributed by atoms with Crippen LogP contribution >= 0.6 is 34.7 Å². The molecule has 1 unspecified atom stereocenters. The number of hydrogen-bond acceptors (Lipinski definition) is 3. The highest BCUT2D eigenvalue weighted by atomic mass is 35.5. The second kappa shape index (κ2) is 5.91. The third-order valence-electron chi connectivity index (χ3n) is 2.38. The number of halogens is 1. The molecule has 2 aromatic rings. The van der Waals surface area contributed by atoms with Gasteiger partial charge in [0.05, 0.1) is 4.34 Å². The standard InChI is InChI=1S/C13H14ClNS2/c1-9-3-2-4-10(7-9)16-8-11(15)12-5-6-13(14)17-12/h2-7,11H,8,15H2,1H3. The summed E-state index contributed by atoms with van der Waals surface area (Å²) in [5.41, 5.74) is 7.41. The molecule has 0 saturated heterocycles. The van der Waals surface area contributed by atoms with Crippen molar-refractivity contribution < 1.29 is 0 Å². The Morgan fingerprint density at radius 2 is 2.18 bits per heavy atom. The van der Waals surface area contributed by atoms with Gasteiger partial charge in [0.2, 0.25) is 0 Å². The zero-order chi connectivity index (χ0) is 12.3. The molecule has 0 aliphatic rings. The van der Waals surface area contributed by atoms with E-state index in [1.165, 1.54) is 10.5 Å². The minimum absolute atomic E-state index is 0.0537. The van der Waals surface area contributed by atoms with Gasteiger partial charge in [-0.3, -0.25) is 0 Å². The average molecular weight is 284 g/mol. The molecule has 1 aromatic carbocycles. The second-order valence-corrected chi connectivity index (χ2v) is 6.72. The van der Waals surface area contributed by atoms with E-state index in [1.54, 1.807) is 23.1 Å². The minimum atomic E-state index is 0.0537. The Hall–Kier alpha value is -0.480. The van der Waals surface area contributed by atoms with Crippen LogP contribution in [0.4, 0.5) is 0 Å².